The largest absolute Gasteiger partial charge is 0.379 e. The number of piperidine rings is 1. The molecule has 30 heavy (non-hydrogen) atoms. The SMILES string of the molecule is CCNC(=NCc1ccccc1CN1CCCCC1)NCCCOC1CCOC1.I. The molecular formula is C23H39IN4O2. The first-order chi connectivity index (χ1) is 14.3. The Morgan fingerprint density at radius 2 is 1.97 bits per heavy atom. The van der Waals surface area contributed by atoms with Crippen LogP contribution in [0, 0.1) is 0 Å². The second-order valence-corrected chi connectivity index (χ2v) is 7.94. The smallest absolute Gasteiger partial charge is 0.191 e. The Morgan fingerprint density at radius 3 is 2.70 bits per heavy atom. The Bertz CT molecular complexity index is 617. The number of hydrogen-bond acceptors (Lipinski definition) is 4. The van der Waals surface area contributed by atoms with E-state index < -0.39 is 0 Å². The normalized spacial score (nSPS) is 20.0. The van der Waals surface area contributed by atoms with Crippen LogP contribution in [0.15, 0.2) is 29.3 Å². The van der Waals surface area contributed by atoms with Crippen molar-refractivity contribution < 1.29 is 9.47 Å². The molecule has 0 spiro atoms. The molecule has 2 N–H and O–H groups in total. The monoisotopic (exact) mass is 530 g/mol. The lowest BCUT2D eigenvalue weighted by Crippen LogP contribution is -2.38. The zero-order valence-electron chi connectivity index (χ0n) is 18.4. The van der Waals surface area contributed by atoms with Gasteiger partial charge in [0, 0.05) is 32.8 Å². The minimum absolute atomic E-state index is 0. The fourth-order valence-corrected chi connectivity index (χ4v) is 3.90. The van der Waals surface area contributed by atoms with Gasteiger partial charge in [-0.25, -0.2) is 4.99 Å². The molecule has 3 rings (SSSR count). The highest BCUT2D eigenvalue weighted by molar-refractivity contribution is 14.0. The summed E-state index contributed by atoms with van der Waals surface area (Å²) >= 11 is 0. The Morgan fingerprint density at radius 1 is 1.17 bits per heavy atom. The molecule has 1 unspecified atom stereocenters. The minimum atomic E-state index is 0. The van der Waals surface area contributed by atoms with Gasteiger partial charge in [0.1, 0.15) is 0 Å². The first-order valence-corrected chi connectivity index (χ1v) is 11.4. The average molecular weight is 530 g/mol. The van der Waals surface area contributed by atoms with Crippen molar-refractivity contribution in [3.63, 3.8) is 0 Å². The van der Waals surface area contributed by atoms with E-state index in [4.69, 9.17) is 14.5 Å². The van der Waals surface area contributed by atoms with Crippen LogP contribution in [0.4, 0.5) is 0 Å². The van der Waals surface area contributed by atoms with Gasteiger partial charge in [-0.1, -0.05) is 30.7 Å². The summed E-state index contributed by atoms with van der Waals surface area (Å²) in [7, 11) is 0. The molecule has 0 aliphatic carbocycles. The zero-order valence-corrected chi connectivity index (χ0v) is 20.7. The van der Waals surface area contributed by atoms with Gasteiger partial charge in [-0.15, -0.1) is 24.0 Å². The molecule has 7 heteroatoms. The maximum Gasteiger partial charge on any atom is 0.191 e. The molecule has 1 atom stereocenters. The summed E-state index contributed by atoms with van der Waals surface area (Å²) in [4.78, 5) is 7.40. The Labute approximate surface area is 199 Å². The summed E-state index contributed by atoms with van der Waals surface area (Å²) in [5, 5.41) is 6.79. The van der Waals surface area contributed by atoms with E-state index in [9.17, 15) is 0 Å². The summed E-state index contributed by atoms with van der Waals surface area (Å²) in [6, 6.07) is 8.73. The Balaban J connectivity index is 0.00000320. The van der Waals surface area contributed by atoms with Crippen LogP contribution < -0.4 is 10.6 Å². The highest BCUT2D eigenvalue weighted by Crippen LogP contribution is 2.17. The van der Waals surface area contributed by atoms with Crippen molar-refractivity contribution in [3.8, 4) is 0 Å². The van der Waals surface area contributed by atoms with Crippen LogP contribution >= 0.6 is 24.0 Å². The van der Waals surface area contributed by atoms with Gasteiger partial charge in [0.25, 0.3) is 0 Å². The number of nitrogens with zero attached hydrogens (tertiary/aromatic N) is 2. The third-order valence-electron chi connectivity index (χ3n) is 5.57. The van der Waals surface area contributed by atoms with E-state index >= 15 is 0 Å². The number of ether oxygens (including phenoxy) is 2. The van der Waals surface area contributed by atoms with E-state index in [0.29, 0.717) is 6.54 Å². The van der Waals surface area contributed by atoms with Gasteiger partial charge in [-0.2, -0.15) is 0 Å². The lowest BCUT2D eigenvalue weighted by Gasteiger charge is -2.27. The molecule has 2 fully saturated rings. The minimum Gasteiger partial charge on any atom is -0.379 e. The van der Waals surface area contributed by atoms with E-state index in [2.05, 4.69) is 46.7 Å². The van der Waals surface area contributed by atoms with Gasteiger partial charge in [0.15, 0.2) is 5.96 Å². The summed E-state index contributed by atoms with van der Waals surface area (Å²) in [5.41, 5.74) is 2.72. The van der Waals surface area contributed by atoms with E-state index in [1.165, 1.54) is 43.5 Å². The lowest BCUT2D eigenvalue weighted by molar-refractivity contribution is 0.0420. The number of rotatable bonds is 10. The third-order valence-corrected chi connectivity index (χ3v) is 5.57. The van der Waals surface area contributed by atoms with Crippen LogP contribution in [0.3, 0.4) is 0 Å². The molecule has 0 aromatic heterocycles. The molecule has 1 aromatic rings. The summed E-state index contributed by atoms with van der Waals surface area (Å²) in [6.45, 7) is 10.3. The van der Waals surface area contributed by atoms with Gasteiger partial charge in [-0.3, -0.25) is 4.90 Å². The number of likely N-dealkylation sites (tertiary alicyclic amines) is 1. The molecule has 0 amide bonds. The fourth-order valence-electron chi connectivity index (χ4n) is 3.90. The van der Waals surface area contributed by atoms with Gasteiger partial charge >= 0.3 is 0 Å². The standard InChI is InChI=1S/C23H38N4O2.HI/c1-2-24-23(25-12-8-15-29-22-11-16-28-19-22)26-17-20-9-4-5-10-21(20)18-27-13-6-3-7-14-27;/h4-5,9-10,22H,2-3,6-8,11-19H2,1H3,(H2,24,25,26);1H. The summed E-state index contributed by atoms with van der Waals surface area (Å²) in [6.07, 6.45) is 6.30. The fraction of sp³-hybridized carbons (Fsp3) is 0.696. The number of nitrogens with one attached hydrogen (secondary N) is 2. The topological polar surface area (TPSA) is 58.1 Å². The molecule has 0 saturated carbocycles. The van der Waals surface area contributed by atoms with Gasteiger partial charge in [0.05, 0.1) is 19.3 Å². The Kier molecular flexibility index (Phi) is 12.7. The molecule has 6 nitrogen and oxygen atoms in total. The number of benzene rings is 1. The van der Waals surface area contributed by atoms with Gasteiger partial charge in [-0.05, 0) is 56.8 Å². The van der Waals surface area contributed by atoms with E-state index in [1.807, 2.05) is 0 Å². The Hall–Kier alpha value is -0.900. The number of guanidine groups is 1. The molecular weight excluding hydrogens is 491 g/mol. The van der Waals surface area contributed by atoms with Crippen LogP contribution in [0.2, 0.25) is 0 Å². The maximum atomic E-state index is 5.83. The predicted octanol–water partition coefficient (Wildman–Crippen LogP) is 3.54. The molecule has 0 radical (unpaired) electrons. The van der Waals surface area contributed by atoms with Crippen LogP contribution in [-0.2, 0) is 22.6 Å². The van der Waals surface area contributed by atoms with Crippen molar-refractivity contribution >= 4 is 29.9 Å². The van der Waals surface area contributed by atoms with Crippen molar-refractivity contribution in [2.24, 2.45) is 4.99 Å². The highest BCUT2D eigenvalue weighted by atomic mass is 127. The number of aliphatic imine (C=N–C) groups is 1. The average Bonchev–Trinajstić information content (AvgIpc) is 3.27. The summed E-state index contributed by atoms with van der Waals surface area (Å²) < 4.78 is 11.2. The summed E-state index contributed by atoms with van der Waals surface area (Å²) in [5.74, 6) is 0.879. The second-order valence-electron chi connectivity index (χ2n) is 7.94. The van der Waals surface area contributed by atoms with Crippen LogP contribution in [0.25, 0.3) is 0 Å². The van der Waals surface area contributed by atoms with Crippen molar-refractivity contribution in [2.75, 3.05) is 46.0 Å². The number of hydrogen-bond donors (Lipinski definition) is 2. The first-order valence-electron chi connectivity index (χ1n) is 11.4. The van der Waals surface area contributed by atoms with Crippen molar-refractivity contribution in [2.45, 2.75) is 58.2 Å². The zero-order chi connectivity index (χ0) is 20.2. The van der Waals surface area contributed by atoms with Gasteiger partial charge < -0.3 is 20.1 Å². The predicted molar refractivity (Wildman–Crippen MR) is 134 cm³/mol. The van der Waals surface area contributed by atoms with Crippen molar-refractivity contribution in [1.29, 1.82) is 0 Å². The quantitative estimate of drug-likeness (QED) is 0.210. The van der Waals surface area contributed by atoms with Crippen LogP contribution in [-0.4, -0.2) is 63.0 Å². The molecule has 2 saturated heterocycles. The number of halogens is 1. The van der Waals surface area contributed by atoms with E-state index in [1.54, 1.807) is 0 Å². The molecule has 0 bridgehead atoms. The van der Waals surface area contributed by atoms with E-state index in [0.717, 1.165) is 58.3 Å². The molecule has 170 valence electrons. The molecule has 2 aliphatic heterocycles. The second kappa shape index (κ2) is 15.0. The maximum absolute atomic E-state index is 5.83. The highest BCUT2D eigenvalue weighted by Gasteiger charge is 2.15. The van der Waals surface area contributed by atoms with Gasteiger partial charge in [0.2, 0.25) is 0 Å². The van der Waals surface area contributed by atoms with Crippen LogP contribution in [0.5, 0.6) is 0 Å². The molecule has 2 aliphatic rings. The third kappa shape index (κ3) is 9.08. The first kappa shape index (κ1) is 25.4. The lowest BCUT2D eigenvalue weighted by atomic mass is 10.1. The molecule has 2 heterocycles. The van der Waals surface area contributed by atoms with E-state index in [-0.39, 0.29) is 30.1 Å². The van der Waals surface area contributed by atoms with Crippen molar-refractivity contribution in [3.05, 3.63) is 35.4 Å². The van der Waals surface area contributed by atoms with Crippen LogP contribution in [0.1, 0.15) is 50.2 Å². The van der Waals surface area contributed by atoms with Crippen molar-refractivity contribution in [1.82, 2.24) is 15.5 Å². The molecule has 1 aromatic carbocycles.